The van der Waals surface area contributed by atoms with E-state index in [-0.39, 0.29) is 24.0 Å². The average molecular weight is 481 g/mol. The number of ether oxygens (including phenoxy) is 3. The molecule has 0 fully saturated rings. The Balaban J connectivity index is 1.46. The molecule has 10 heteroatoms. The predicted octanol–water partition coefficient (Wildman–Crippen LogP) is 4.12. The molecule has 2 heterocycles. The lowest BCUT2D eigenvalue weighted by molar-refractivity contribution is 0.102. The normalized spacial score (nSPS) is 11.0. The van der Waals surface area contributed by atoms with Gasteiger partial charge in [0.05, 0.1) is 19.9 Å². The van der Waals surface area contributed by atoms with Gasteiger partial charge in [0.2, 0.25) is 4.96 Å². The molecule has 0 bridgehead atoms. The molecule has 0 aliphatic heterocycles. The third kappa shape index (κ3) is 5.01. The number of anilines is 1. The Hall–Kier alpha value is -3.92. The van der Waals surface area contributed by atoms with Crippen LogP contribution in [0.15, 0.2) is 53.3 Å². The maximum absolute atomic E-state index is 12.7. The van der Waals surface area contributed by atoms with Gasteiger partial charge in [-0.15, -0.1) is 0 Å². The van der Waals surface area contributed by atoms with Crippen LogP contribution in [-0.2, 0) is 6.61 Å². The lowest BCUT2D eigenvalue weighted by Crippen LogP contribution is -2.16. The van der Waals surface area contributed by atoms with Crippen LogP contribution in [-0.4, -0.2) is 34.7 Å². The summed E-state index contributed by atoms with van der Waals surface area (Å²) in [6.45, 7) is 4.14. The Bertz CT molecular complexity index is 1400. The van der Waals surface area contributed by atoms with Crippen LogP contribution in [0.5, 0.6) is 17.2 Å². The largest absolute Gasteiger partial charge is 0.493 e. The van der Waals surface area contributed by atoms with Gasteiger partial charge in [-0.3, -0.25) is 9.59 Å². The molecule has 4 aromatic rings. The van der Waals surface area contributed by atoms with Crippen molar-refractivity contribution in [3.63, 3.8) is 0 Å². The Morgan fingerprint density at radius 2 is 1.88 bits per heavy atom. The van der Waals surface area contributed by atoms with E-state index >= 15 is 0 Å². The third-order valence-corrected chi connectivity index (χ3v) is 6.14. The summed E-state index contributed by atoms with van der Waals surface area (Å²) >= 11 is 1.39. The van der Waals surface area contributed by atoms with Gasteiger partial charge in [0.15, 0.2) is 11.5 Å². The molecule has 2 aromatic heterocycles. The minimum atomic E-state index is -0.301. The molecule has 0 radical (unpaired) electrons. The highest BCUT2D eigenvalue weighted by molar-refractivity contribution is 7.16. The summed E-state index contributed by atoms with van der Waals surface area (Å²) in [5, 5.41) is 8.01. The quantitative estimate of drug-likeness (QED) is 0.404. The van der Waals surface area contributed by atoms with E-state index in [1.807, 2.05) is 13.8 Å². The van der Waals surface area contributed by atoms with Crippen molar-refractivity contribution in [2.45, 2.75) is 26.4 Å². The molecular weight excluding hydrogens is 456 g/mol. The first kappa shape index (κ1) is 23.2. The molecule has 9 nitrogen and oxygen atoms in total. The second-order valence-electron chi connectivity index (χ2n) is 7.72. The summed E-state index contributed by atoms with van der Waals surface area (Å²) in [6.07, 6.45) is 0. The highest BCUT2D eigenvalue weighted by atomic mass is 32.1. The zero-order chi connectivity index (χ0) is 24.2. The number of nitrogens with zero attached hydrogens (tertiary/aromatic N) is 3. The van der Waals surface area contributed by atoms with Crippen molar-refractivity contribution in [3.8, 4) is 17.2 Å². The maximum Gasteiger partial charge on any atom is 0.275 e. The van der Waals surface area contributed by atoms with Crippen LogP contribution in [0.25, 0.3) is 4.96 Å². The molecule has 4 rings (SSSR count). The molecule has 0 spiro atoms. The van der Waals surface area contributed by atoms with E-state index < -0.39 is 0 Å². The SMILES string of the molecule is COc1ccc(C(=O)Nc2cccc(OCc3cc(=O)n4nc(C(C)C)sc4n3)c2)cc1OC. The van der Waals surface area contributed by atoms with E-state index in [0.717, 1.165) is 5.01 Å². The summed E-state index contributed by atoms with van der Waals surface area (Å²) in [4.78, 5) is 30.1. The Kier molecular flexibility index (Phi) is 6.78. The van der Waals surface area contributed by atoms with E-state index in [2.05, 4.69) is 15.4 Å². The minimum Gasteiger partial charge on any atom is -0.493 e. The Labute approximate surface area is 199 Å². The number of nitrogens with one attached hydrogen (secondary N) is 1. The topological polar surface area (TPSA) is 104 Å². The van der Waals surface area contributed by atoms with E-state index in [1.165, 1.54) is 36.1 Å². The lowest BCUT2D eigenvalue weighted by atomic mass is 10.2. The molecule has 2 aromatic carbocycles. The maximum atomic E-state index is 12.7. The number of amides is 1. The van der Waals surface area contributed by atoms with Gasteiger partial charge in [0, 0.05) is 29.3 Å². The molecule has 0 aliphatic carbocycles. The van der Waals surface area contributed by atoms with E-state index in [1.54, 1.807) is 42.5 Å². The number of benzene rings is 2. The van der Waals surface area contributed by atoms with Gasteiger partial charge in [-0.25, -0.2) is 4.98 Å². The van der Waals surface area contributed by atoms with Gasteiger partial charge in [0.25, 0.3) is 11.5 Å². The number of rotatable bonds is 8. The van der Waals surface area contributed by atoms with E-state index in [9.17, 15) is 9.59 Å². The fraction of sp³-hybridized carbons (Fsp3) is 0.250. The summed E-state index contributed by atoms with van der Waals surface area (Å²) < 4.78 is 17.6. The van der Waals surface area contributed by atoms with Crippen molar-refractivity contribution in [1.82, 2.24) is 14.6 Å². The van der Waals surface area contributed by atoms with Crippen LogP contribution in [0.2, 0.25) is 0 Å². The fourth-order valence-electron chi connectivity index (χ4n) is 3.18. The van der Waals surface area contributed by atoms with Gasteiger partial charge in [-0.05, 0) is 30.3 Å². The summed E-state index contributed by atoms with van der Waals surface area (Å²) in [5.74, 6) is 1.44. The summed E-state index contributed by atoms with van der Waals surface area (Å²) in [6, 6.07) is 13.3. The standard InChI is InChI=1S/C24H24N4O5S/c1-14(2)23-27-28-21(29)12-17(26-24(28)34-23)13-33-18-7-5-6-16(11-18)25-22(30)15-8-9-19(31-3)20(10-15)32-4/h5-12,14H,13H2,1-4H3,(H,25,30). The predicted molar refractivity (Wildman–Crippen MR) is 129 cm³/mol. The van der Waals surface area contributed by atoms with Crippen molar-refractivity contribution in [2.75, 3.05) is 19.5 Å². The van der Waals surface area contributed by atoms with Gasteiger partial charge >= 0.3 is 0 Å². The zero-order valence-corrected chi connectivity index (χ0v) is 20.0. The lowest BCUT2D eigenvalue weighted by Gasteiger charge is -2.11. The van der Waals surface area contributed by atoms with Gasteiger partial charge in [0.1, 0.15) is 17.4 Å². The van der Waals surface area contributed by atoms with Gasteiger partial charge in [-0.2, -0.15) is 9.61 Å². The van der Waals surface area contributed by atoms with Gasteiger partial charge < -0.3 is 19.5 Å². The number of fused-ring (bicyclic) bond motifs is 1. The first-order chi connectivity index (χ1) is 16.4. The number of methoxy groups -OCH3 is 2. The highest BCUT2D eigenvalue weighted by Gasteiger charge is 2.13. The van der Waals surface area contributed by atoms with Crippen LogP contribution < -0.4 is 25.1 Å². The number of aromatic nitrogens is 3. The number of hydrogen-bond acceptors (Lipinski definition) is 8. The number of hydrogen-bond donors (Lipinski definition) is 1. The molecule has 0 aliphatic rings. The molecule has 0 atom stereocenters. The zero-order valence-electron chi connectivity index (χ0n) is 19.2. The van der Waals surface area contributed by atoms with Crippen molar-refractivity contribution in [2.24, 2.45) is 0 Å². The van der Waals surface area contributed by atoms with Crippen LogP contribution in [0.1, 0.15) is 40.8 Å². The fourth-order valence-corrected chi connectivity index (χ4v) is 4.11. The summed E-state index contributed by atoms with van der Waals surface area (Å²) in [7, 11) is 3.05. The van der Waals surface area contributed by atoms with Crippen molar-refractivity contribution in [3.05, 3.63) is 75.1 Å². The third-order valence-electron chi connectivity index (χ3n) is 4.93. The van der Waals surface area contributed by atoms with Crippen molar-refractivity contribution in [1.29, 1.82) is 0 Å². The van der Waals surface area contributed by atoms with Crippen LogP contribution in [0, 0.1) is 0 Å². The van der Waals surface area contributed by atoms with Crippen LogP contribution >= 0.6 is 11.3 Å². The molecular formula is C24H24N4O5S. The second-order valence-corrected chi connectivity index (χ2v) is 8.70. The molecule has 0 saturated carbocycles. The van der Waals surface area contributed by atoms with Crippen molar-refractivity contribution < 1.29 is 19.0 Å². The Morgan fingerprint density at radius 3 is 2.62 bits per heavy atom. The summed E-state index contributed by atoms with van der Waals surface area (Å²) in [5.41, 5.74) is 1.24. The molecule has 176 valence electrons. The smallest absolute Gasteiger partial charge is 0.275 e. The van der Waals surface area contributed by atoms with E-state index in [4.69, 9.17) is 14.2 Å². The van der Waals surface area contributed by atoms with Crippen molar-refractivity contribution >= 4 is 27.9 Å². The van der Waals surface area contributed by atoms with E-state index in [0.29, 0.717) is 39.2 Å². The monoisotopic (exact) mass is 480 g/mol. The molecule has 0 unspecified atom stereocenters. The molecule has 0 saturated heterocycles. The van der Waals surface area contributed by atoms with Crippen LogP contribution in [0.3, 0.4) is 0 Å². The number of carbonyl (C=O) groups is 1. The average Bonchev–Trinajstić information content (AvgIpc) is 3.28. The first-order valence-electron chi connectivity index (χ1n) is 10.5. The number of carbonyl (C=O) groups excluding carboxylic acids is 1. The first-order valence-corrected chi connectivity index (χ1v) is 11.4. The Morgan fingerprint density at radius 1 is 1.09 bits per heavy atom. The highest BCUT2D eigenvalue weighted by Crippen LogP contribution is 2.28. The minimum absolute atomic E-state index is 0.105. The van der Waals surface area contributed by atoms with Crippen LogP contribution in [0.4, 0.5) is 5.69 Å². The second kappa shape index (κ2) is 9.92. The molecule has 34 heavy (non-hydrogen) atoms. The van der Waals surface area contributed by atoms with Gasteiger partial charge in [-0.1, -0.05) is 31.3 Å². The molecule has 1 amide bonds. The molecule has 1 N–H and O–H groups in total.